The second-order valence-corrected chi connectivity index (χ2v) is 8.45. The molecule has 2 amide bonds. The maximum Gasteiger partial charge on any atom is 1.00 e. The van der Waals surface area contributed by atoms with Gasteiger partial charge in [-0.3, -0.25) is 19.1 Å². The molecular weight excluding hydrogens is 320 g/mol. The summed E-state index contributed by atoms with van der Waals surface area (Å²) in [6.45, 7) is 3.65. The van der Waals surface area contributed by atoms with Crippen molar-refractivity contribution in [1.82, 2.24) is 4.90 Å². The first-order chi connectivity index (χ1) is 8.42. The number of carbonyl (C=O) groups excluding carboxylic acids is 2. The third kappa shape index (κ3) is 12.0. The zero-order valence-electron chi connectivity index (χ0n) is 12.0. The molecule has 0 aliphatic rings. The fraction of sp³-hybridized carbons (Fsp3) is 0.778. The van der Waals surface area contributed by atoms with E-state index in [-0.39, 0.29) is 42.7 Å². The molecule has 0 aliphatic heterocycles. The summed E-state index contributed by atoms with van der Waals surface area (Å²) >= 11 is 0. The van der Waals surface area contributed by atoms with Crippen LogP contribution < -0.4 is 29.6 Å². The van der Waals surface area contributed by atoms with Crippen molar-refractivity contribution in [2.24, 2.45) is 0 Å². The average Bonchev–Trinajstić information content (AvgIpc) is 2.18. The molecule has 0 aromatic carbocycles. The van der Waals surface area contributed by atoms with Crippen molar-refractivity contribution in [3.8, 4) is 0 Å². The molecule has 0 bridgehead atoms. The van der Waals surface area contributed by atoms with Crippen LogP contribution in [-0.4, -0.2) is 61.9 Å². The Morgan fingerprint density at radius 1 is 1.30 bits per heavy atom. The van der Waals surface area contributed by atoms with Gasteiger partial charge in [0.2, 0.25) is 11.8 Å². The standard InChI is InChI=1S/C9H18NO7PS.Na/c1-8(11)10(5-6-17-18(2,3)13)9(12)4-7-19(14,15)16;/h4-7H2,1-3H3,(H,14,15,16);/q;+1/p-1. The number of rotatable bonds is 7. The fourth-order valence-corrected chi connectivity index (χ4v) is 2.10. The number of carbonyl (C=O) groups is 2. The molecule has 0 aliphatic carbocycles. The van der Waals surface area contributed by atoms with E-state index in [2.05, 4.69) is 0 Å². The largest absolute Gasteiger partial charge is 1.00 e. The van der Waals surface area contributed by atoms with Crippen molar-refractivity contribution >= 4 is 29.3 Å². The molecule has 0 unspecified atom stereocenters. The number of amides is 2. The minimum absolute atomic E-state index is 0. The van der Waals surface area contributed by atoms with Crippen molar-refractivity contribution in [3.63, 3.8) is 0 Å². The molecule has 0 aromatic rings. The Balaban J connectivity index is 0. The molecule has 0 spiro atoms. The van der Waals surface area contributed by atoms with Crippen LogP contribution in [0.2, 0.25) is 0 Å². The zero-order chi connectivity index (χ0) is 15.3. The van der Waals surface area contributed by atoms with E-state index in [9.17, 15) is 27.1 Å². The third-order valence-electron chi connectivity index (χ3n) is 1.96. The van der Waals surface area contributed by atoms with E-state index in [4.69, 9.17) is 4.52 Å². The monoisotopic (exact) mass is 337 g/mol. The molecule has 112 valence electrons. The van der Waals surface area contributed by atoms with Gasteiger partial charge in [0, 0.05) is 32.4 Å². The van der Waals surface area contributed by atoms with Crippen LogP contribution >= 0.6 is 7.37 Å². The van der Waals surface area contributed by atoms with Gasteiger partial charge in [0.1, 0.15) is 0 Å². The van der Waals surface area contributed by atoms with Gasteiger partial charge >= 0.3 is 29.6 Å². The van der Waals surface area contributed by atoms with Crippen molar-refractivity contribution in [2.75, 3.05) is 32.2 Å². The minimum Gasteiger partial charge on any atom is -0.748 e. The van der Waals surface area contributed by atoms with E-state index in [1.807, 2.05) is 0 Å². The Morgan fingerprint density at radius 3 is 2.15 bits per heavy atom. The Morgan fingerprint density at radius 2 is 1.80 bits per heavy atom. The molecule has 0 saturated heterocycles. The van der Waals surface area contributed by atoms with Gasteiger partial charge < -0.3 is 9.08 Å². The SMILES string of the molecule is CC(=O)N(CCOP(C)(C)=O)C(=O)CCS(=O)(=O)[O-].[Na+]. The average molecular weight is 337 g/mol. The van der Waals surface area contributed by atoms with E-state index in [1.54, 1.807) is 0 Å². The molecule has 11 heteroatoms. The van der Waals surface area contributed by atoms with Gasteiger partial charge in [-0.25, -0.2) is 8.42 Å². The summed E-state index contributed by atoms with van der Waals surface area (Å²) in [6.07, 6.45) is -0.568. The molecular formula is C9H17NNaO7PS. The Labute approximate surface area is 140 Å². The zero-order valence-corrected chi connectivity index (χ0v) is 15.7. The van der Waals surface area contributed by atoms with Gasteiger partial charge in [-0.2, -0.15) is 0 Å². The van der Waals surface area contributed by atoms with Gasteiger partial charge in [-0.15, -0.1) is 0 Å². The van der Waals surface area contributed by atoms with E-state index in [0.717, 1.165) is 11.8 Å². The van der Waals surface area contributed by atoms with Gasteiger partial charge in [0.25, 0.3) is 0 Å². The summed E-state index contributed by atoms with van der Waals surface area (Å²) in [6, 6.07) is 0. The summed E-state index contributed by atoms with van der Waals surface area (Å²) in [7, 11) is -7.23. The van der Waals surface area contributed by atoms with Gasteiger partial charge in [0.15, 0.2) is 7.37 Å². The number of imide groups is 1. The Hall–Kier alpha value is 0.240. The van der Waals surface area contributed by atoms with Crippen molar-refractivity contribution in [1.29, 1.82) is 0 Å². The quantitative estimate of drug-likeness (QED) is 0.273. The van der Waals surface area contributed by atoms with Crippen LogP contribution in [0.3, 0.4) is 0 Å². The van der Waals surface area contributed by atoms with Crippen LogP contribution in [0.15, 0.2) is 0 Å². The number of nitrogens with zero attached hydrogens (tertiary/aromatic N) is 1. The molecule has 0 aromatic heterocycles. The molecule has 0 heterocycles. The fourth-order valence-electron chi connectivity index (χ4n) is 1.16. The summed E-state index contributed by atoms with van der Waals surface area (Å²) < 4.78 is 47.4. The van der Waals surface area contributed by atoms with E-state index in [0.29, 0.717) is 0 Å². The van der Waals surface area contributed by atoms with Crippen molar-refractivity contribution < 1.29 is 61.2 Å². The van der Waals surface area contributed by atoms with Crippen LogP contribution in [-0.2, 0) is 28.8 Å². The summed E-state index contributed by atoms with van der Waals surface area (Å²) in [5.74, 6) is -2.24. The predicted octanol–water partition coefficient (Wildman–Crippen LogP) is -3.14. The maximum atomic E-state index is 11.6. The van der Waals surface area contributed by atoms with Crippen LogP contribution in [0.4, 0.5) is 0 Å². The molecule has 20 heavy (non-hydrogen) atoms. The van der Waals surface area contributed by atoms with Gasteiger partial charge in [-0.1, -0.05) is 0 Å². The van der Waals surface area contributed by atoms with E-state index in [1.165, 1.54) is 13.3 Å². The Bertz CT molecular complexity index is 487. The van der Waals surface area contributed by atoms with Gasteiger partial charge in [-0.05, 0) is 0 Å². The van der Waals surface area contributed by atoms with Crippen molar-refractivity contribution in [2.45, 2.75) is 13.3 Å². The summed E-state index contributed by atoms with van der Waals surface area (Å²) in [4.78, 5) is 23.5. The van der Waals surface area contributed by atoms with Crippen molar-refractivity contribution in [3.05, 3.63) is 0 Å². The molecule has 0 atom stereocenters. The maximum absolute atomic E-state index is 11.6. The first-order valence-electron chi connectivity index (χ1n) is 5.36. The van der Waals surface area contributed by atoms with E-state index >= 15 is 0 Å². The second kappa shape index (κ2) is 9.30. The number of hydrogen-bond donors (Lipinski definition) is 0. The topological polar surface area (TPSA) is 121 Å². The molecule has 8 nitrogen and oxygen atoms in total. The minimum atomic E-state index is -4.51. The predicted molar refractivity (Wildman–Crippen MR) is 67.0 cm³/mol. The first-order valence-corrected chi connectivity index (χ1v) is 9.46. The first kappa shape index (κ1) is 22.5. The summed E-state index contributed by atoms with van der Waals surface area (Å²) in [5, 5.41) is 0. The molecule has 0 saturated carbocycles. The molecule has 0 rings (SSSR count). The van der Waals surface area contributed by atoms with Gasteiger partial charge in [0.05, 0.1) is 23.3 Å². The summed E-state index contributed by atoms with van der Waals surface area (Å²) in [5.41, 5.74) is 0. The van der Waals surface area contributed by atoms with Crippen LogP contribution in [0.25, 0.3) is 0 Å². The normalized spacial score (nSPS) is 11.6. The Kier molecular flexibility index (Phi) is 10.5. The molecule has 0 radical (unpaired) electrons. The van der Waals surface area contributed by atoms with Crippen LogP contribution in [0.5, 0.6) is 0 Å². The smallest absolute Gasteiger partial charge is 0.748 e. The number of hydrogen-bond acceptors (Lipinski definition) is 7. The van der Waals surface area contributed by atoms with Crippen LogP contribution in [0.1, 0.15) is 13.3 Å². The molecule has 0 N–H and O–H groups in total. The van der Waals surface area contributed by atoms with E-state index < -0.39 is 41.5 Å². The third-order valence-corrected chi connectivity index (χ3v) is 3.47. The van der Waals surface area contributed by atoms with Crippen LogP contribution in [0, 0.1) is 0 Å². The second-order valence-electron chi connectivity index (χ2n) is 4.16. The molecule has 0 fully saturated rings.